The summed E-state index contributed by atoms with van der Waals surface area (Å²) in [6.45, 7) is 0.744. The molecule has 5 rings (SSSR count). The van der Waals surface area contributed by atoms with E-state index in [9.17, 15) is 29.5 Å². The highest BCUT2D eigenvalue weighted by Crippen LogP contribution is 2.25. The molecule has 0 bridgehead atoms. The molecule has 0 saturated carbocycles. The summed E-state index contributed by atoms with van der Waals surface area (Å²) in [5, 5.41) is 33.1. The van der Waals surface area contributed by atoms with Crippen LogP contribution in [0.25, 0.3) is 10.9 Å². The SMILES string of the molecule is NC(Cc1ccc(O)cc1)C(=O)N1CCC[C@H]1C(=O)NC(Cc1c[nH]c2ccccc12)C(=O)N1CCC[C@H]1B(O)O. The number of benzene rings is 2. The van der Waals surface area contributed by atoms with Crippen LogP contribution in [-0.2, 0) is 27.2 Å². The number of fused-ring (bicyclic) bond motifs is 1. The third kappa shape index (κ3) is 6.24. The smallest absolute Gasteiger partial charge is 0.475 e. The quantitative estimate of drug-likeness (QED) is 0.206. The number of para-hydroxylation sites is 1. The Morgan fingerprint density at radius 3 is 2.44 bits per heavy atom. The molecule has 2 saturated heterocycles. The van der Waals surface area contributed by atoms with E-state index in [1.54, 1.807) is 12.1 Å². The zero-order chi connectivity index (χ0) is 29.1. The number of phenolic OH excluding ortho intramolecular Hbond substituents is 1. The molecule has 0 radical (unpaired) electrons. The van der Waals surface area contributed by atoms with E-state index < -0.39 is 37.1 Å². The highest BCUT2D eigenvalue weighted by molar-refractivity contribution is 6.43. The average Bonchev–Trinajstić information content (AvgIpc) is 3.73. The van der Waals surface area contributed by atoms with Crippen LogP contribution in [-0.4, -0.2) is 91.9 Å². The van der Waals surface area contributed by atoms with Crippen molar-refractivity contribution >= 4 is 35.7 Å². The molecule has 216 valence electrons. The Morgan fingerprint density at radius 1 is 0.976 bits per heavy atom. The second-order valence-electron chi connectivity index (χ2n) is 10.9. The maximum atomic E-state index is 13.8. The molecule has 3 aromatic rings. The van der Waals surface area contributed by atoms with Crippen molar-refractivity contribution in [2.45, 2.75) is 62.6 Å². The van der Waals surface area contributed by atoms with Crippen molar-refractivity contribution in [1.82, 2.24) is 20.1 Å². The molecule has 7 N–H and O–H groups in total. The number of rotatable bonds is 9. The zero-order valence-corrected chi connectivity index (χ0v) is 22.8. The van der Waals surface area contributed by atoms with Gasteiger partial charge < -0.3 is 41.0 Å². The van der Waals surface area contributed by atoms with Crippen LogP contribution in [0.3, 0.4) is 0 Å². The minimum Gasteiger partial charge on any atom is -0.508 e. The van der Waals surface area contributed by atoms with Crippen molar-refractivity contribution in [1.29, 1.82) is 0 Å². The molecule has 3 amide bonds. The molecule has 4 atom stereocenters. The van der Waals surface area contributed by atoms with Gasteiger partial charge in [0.1, 0.15) is 17.8 Å². The van der Waals surface area contributed by atoms with E-state index >= 15 is 0 Å². The standard InChI is InChI=1S/C29H36BN5O6/c31-22(15-18-9-11-20(36)12-10-18)28(38)34-13-3-7-25(34)27(37)33-24(29(39)35-14-4-8-26(35)30(40)41)16-19-17-32-23-6-2-1-5-21(19)23/h1-2,5-6,9-12,17,22,24-26,32,36,40-41H,3-4,7-8,13-16,31H2,(H,33,37)/t22?,24?,25-,26-/m0/s1. The van der Waals surface area contributed by atoms with Gasteiger partial charge in [-0.2, -0.15) is 0 Å². The predicted octanol–water partition coefficient (Wildman–Crippen LogP) is 0.465. The molecule has 2 aliphatic heterocycles. The lowest BCUT2D eigenvalue weighted by molar-refractivity contribution is -0.141. The van der Waals surface area contributed by atoms with Crippen molar-refractivity contribution in [3.63, 3.8) is 0 Å². The van der Waals surface area contributed by atoms with Crippen LogP contribution in [0, 0.1) is 0 Å². The van der Waals surface area contributed by atoms with Crippen molar-refractivity contribution < 1.29 is 29.5 Å². The first-order chi connectivity index (χ1) is 19.7. The molecule has 0 spiro atoms. The van der Waals surface area contributed by atoms with Gasteiger partial charge in [-0.25, -0.2) is 0 Å². The topological polar surface area (TPSA) is 172 Å². The normalized spacial score (nSPS) is 20.3. The van der Waals surface area contributed by atoms with Crippen molar-refractivity contribution in [3.8, 4) is 5.75 Å². The van der Waals surface area contributed by atoms with Crippen LogP contribution < -0.4 is 11.1 Å². The Hall–Kier alpha value is -3.87. The number of nitrogens with zero attached hydrogens (tertiary/aromatic N) is 2. The van der Waals surface area contributed by atoms with Crippen LogP contribution in [0.5, 0.6) is 5.75 Å². The summed E-state index contributed by atoms with van der Waals surface area (Å²) in [6.07, 6.45) is 4.42. The third-order valence-electron chi connectivity index (χ3n) is 8.19. The Kier molecular flexibility index (Phi) is 8.62. The second kappa shape index (κ2) is 12.3. The van der Waals surface area contributed by atoms with Crippen LogP contribution in [0.2, 0.25) is 0 Å². The summed E-state index contributed by atoms with van der Waals surface area (Å²) in [7, 11) is -1.68. The average molecular weight is 561 g/mol. The molecule has 2 aromatic carbocycles. The number of phenols is 1. The predicted molar refractivity (Wildman–Crippen MR) is 153 cm³/mol. The first kappa shape index (κ1) is 28.7. The Morgan fingerprint density at radius 2 is 1.68 bits per heavy atom. The summed E-state index contributed by atoms with van der Waals surface area (Å²) in [6, 6.07) is 11.5. The molecular weight excluding hydrogens is 525 g/mol. The highest BCUT2D eigenvalue weighted by atomic mass is 16.4. The first-order valence-corrected chi connectivity index (χ1v) is 14.1. The van der Waals surface area contributed by atoms with Gasteiger partial charge in [-0.1, -0.05) is 30.3 Å². The molecule has 41 heavy (non-hydrogen) atoms. The summed E-state index contributed by atoms with van der Waals surface area (Å²) >= 11 is 0. The number of nitrogens with two attached hydrogens (primary N) is 1. The largest absolute Gasteiger partial charge is 0.508 e. The summed E-state index contributed by atoms with van der Waals surface area (Å²) < 4.78 is 0. The second-order valence-corrected chi connectivity index (χ2v) is 10.9. The van der Waals surface area contributed by atoms with Crippen molar-refractivity contribution in [3.05, 3.63) is 65.9 Å². The molecule has 2 unspecified atom stereocenters. The van der Waals surface area contributed by atoms with Crippen molar-refractivity contribution in [2.75, 3.05) is 13.1 Å². The van der Waals surface area contributed by atoms with Gasteiger partial charge in [0, 0.05) is 36.6 Å². The number of hydrogen-bond acceptors (Lipinski definition) is 7. The molecule has 11 nitrogen and oxygen atoms in total. The minimum atomic E-state index is -1.68. The van der Waals surface area contributed by atoms with E-state index in [-0.39, 0.29) is 30.4 Å². The van der Waals surface area contributed by atoms with Crippen LogP contribution >= 0.6 is 0 Å². The summed E-state index contributed by atoms with van der Waals surface area (Å²) in [5.41, 5.74) is 8.79. The van der Waals surface area contributed by atoms with E-state index in [1.807, 2.05) is 30.5 Å². The molecular formula is C29H36BN5O6. The van der Waals surface area contributed by atoms with Crippen LogP contribution in [0.4, 0.5) is 0 Å². The lowest BCUT2D eigenvalue weighted by Gasteiger charge is -2.31. The van der Waals surface area contributed by atoms with Crippen LogP contribution in [0.1, 0.15) is 36.8 Å². The monoisotopic (exact) mass is 561 g/mol. The van der Waals surface area contributed by atoms with Gasteiger partial charge in [0.15, 0.2) is 0 Å². The van der Waals surface area contributed by atoms with Gasteiger partial charge in [-0.15, -0.1) is 0 Å². The molecule has 3 heterocycles. The minimum absolute atomic E-state index is 0.121. The van der Waals surface area contributed by atoms with Gasteiger partial charge in [-0.3, -0.25) is 14.4 Å². The number of H-pyrrole nitrogens is 1. The van der Waals surface area contributed by atoms with Gasteiger partial charge in [0.2, 0.25) is 17.7 Å². The number of hydrogen-bond donors (Lipinski definition) is 6. The molecule has 2 aliphatic rings. The summed E-state index contributed by atoms with van der Waals surface area (Å²) in [5.74, 6) is -1.80. The van der Waals surface area contributed by atoms with Crippen LogP contribution in [0.15, 0.2) is 54.7 Å². The number of aromatic hydroxyl groups is 1. The maximum Gasteiger partial charge on any atom is 0.475 e. The number of carbonyl (C=O) groups excluding carboxylic acids is 3. The third-order valence-corrected chi connectivity index (χ3v) is 8.19. The lowest BCUT2D eigenvalue weighted by atomic mass is 9.77. The van der Waals surface area contributed by atoms with Gasteiger partial charge in [0.25, 0.3) is 0 Å². The van der Waals surface area contributed by atoms with E-state index in [0.717, 1.165) is 22.0 Å². The number of amides is 3. The fourth-order valence-corrected chi connectivity index (χ4v) is 6.05. The number of carbonyl (C=O) groups is 3. The fraction of sp³-hybridized carbons (Fsp3) is 0.414. The lowest BCUT2D eigenvalue weighted by Crippen LogP contribution is -2.58. The van der Waals surface area contributed by atoms with Gasteiger partial charge in [0.05, 0.1) is 12.0 Å². The fourth-order valence-electron chi connectivity index (χ4n) is 6.05. The molecule has 12 heteroatoms. The number of aromatic nitrogens is 1. The van der Waals surface area contributed by atoms with E-state index in [2.05, 4.69) is 10.3 Å². The van der Waals surface area contributed by atoms with E-state index in [4.69, 9.17) is 5.73 Å². The van der Waals surface area contributed by atoms with Gasteiger partial charge >= 0.3 is 7.12 Å². The zero-order valence-electron chi connectivity index (χ0n) is 22.8. The summed E-state index contributed by atoms with van der Waals surface area (Å²) in [4.78, 5) is 46.9. The molecule has 1 aromatic heterocycles. The Balaban J connectivity index is 1.33. The van der Waals surface area contributed by atoms with Crippen molar-refractivity contribution in [2.24, 2.45) is 5.73 Å². The molecule has 0 aliphatic carbocycles. The first-order valence-electron chi connectivity index (χ1n) is 14.1. The van der Waals surface area contributed by atoms with E-state index in [0.29, 0.717) is 38.8 Å². The maximum absolute atomic E-state index is 13.8. The number of likely N-dealkylation sites (tertiary alicyclic amines) is 2. The number of nitrogens with one attached hydrogen (secondary N) is 2. The highest BCUT2D eigenvalue weighted by Gasteiger charge is 2.42. The Bertz CT molecular complexity index is 1400. The Labute approximate surface area is 238 Å². The van der Waals surface area contributed by atoms with E-state index in [1.165, 1.54) is 21.9 Å². The molecule has 2 fully saturated rings. The van der Waals surface area contributed by atoms with Gasteiger partial charge in [-0.05, 0) is 61.4 Å². The number of aromatic amines is 1.